The maximum atomic E-state index is 9.65. The van der Waals surface area contributed by atoms with Gasteiger partial charge in [0, 0.05) is 34.7 Å². The largest absolute Gasteiger partial charge is 0.481 e. The maximum Gasteiger partial charge on any atom is 0.303 e. The molecule has 0 saturated carbocycles. The zero-order chi connectivity index (χ0) is 5.70. The summed E-state index contributed by atoms with van der Waals surface area (Å²) in [6, 6.07) is 0. The van der Waals surface area contributed by atoms with Gasteiger partial charge in [-0.2, -0.15) is 0 Å². The van der Waals surface area contributed by atoms with Crippen molar-refractivity contribution in [3.63, 3.8) is 0 Å². The first-order chi connectivity index (χ1) is 3.27. The fourth-order valence-corrected chi connectivity index (χ4v) is 0.230. The second-order valence-corrected chi connectivity index (χ2v) is 1.22. The van der Waals surface area contributed by atoms with Crippen LogP contribution in [-0.4, -0.2) is 22.8 Å². The fraction of sp³-hybridized carbons (Fsp3) is 0.750. The Hall–Kier alpha value is 0.144. The fourth-order valence-electron chi connectivity index (χ4n) is 0.230. The second kappa shape index (κ2) is 7.14. The minimum atomic E-state index is -0.853. The van der Waals surface area contributed by atoms with Crippen LogP contribution in [0.4, 0.5) is 0 Å². The maximum absolute atomic E-state index is 9.65. The summed E-state index contributed by atoms with van der Waals surface area (Å²) in [6.07, 6.45) is 0.422. The molecule has 0 aromatic heterocycles. The van der Waals surface area contributed by atoms with Gasteiger partial charge in [0.25, 0.3) is 0 Å². The molecule has 0 fully saturated rings. The van der Waals surface area contributed by atoms with E-state index < -0.39 is 5.97 Å². The molecule has 3 nitrogen and oxygen atoms in total. The summed E-state index contributed by atoms with van der Waals surface area (Å²) in [5.41, 5.74) is 0. The Kier molecular flexibility index (Phi) is 9.83. The molecule has 0 aromatic rings. The number of carbonyl (C=O) groups is 1. The van der Waals surface area contributed by atoms with Crippen LogP contribution in [0.15, 0.2) is 0 Å². The molecule has 0 unspecified atom stereocenters. The Bertz CT molecular complexity index is 64.3. The first kappa shape index (κ1) is 11.0. The molecule has 0 saturated heterocycles. The van der Waals surface area contributed by atoms with Crippen molar-refractivity contribution in [2.75, 3.05) is 6.61 Å². The Morgan fingerprint density at radius 3 is 2.12 bits per heavy atom. The molecule has 0 atom stereocenters. The molecule has 0 amide bonds. The van der Waals surface area contributed by atoms with Crippen LogP contribution in [-0.2, 0) is 26.5 Å². The zero-order valence-electron chi connectivity index (χ0n) is 4.42. The van der Waals surface area contributed by atoms with Crippen LogP contribution < -0.4 is 0 Å². The molecule has 0 aliphatic rings. The summed E-state index contributed by atoms with van der Waals surface area (Å²) in [5, 5.41) is 16.0. The summed E-state index contributed by atoms with van der Waals surface area (Å²) in [4.78, 5) is 9.65. The van der Waals surface area contributed by atoms with E-state index in [-0.39, 0.29) is 34.7 Å². The third-order valence-electron chi connectivity index (χ3n) is 0.549. The SMILES string of the molecule is O=C(O)CCCO.[Ti]. The molecule has 0 aromatic carbocycles. The van der Waals surface area contributed by atoms with Gasteiger partial charge in [0.05, 0.1) is 0 Å². The first-order valence-corrected chi connectivity index (χ1v) is 2.10. The molecular formula is C4H8O3Ti. The smallest absolute Gasteiger partial charge is 0.303 e. The van der Waals surface area contributed by atoms with Gasteiger partial charge < -0.3 is 10.2 Å². The van der Waals surface area contributed by atoms with Gasteiger partial charge in [-0.05, 0) is 6.42 Å². The number of carboxylic acid groups (broad SMARTS) is 1. The Morgan fingerprint density at radius 1 is 1.50 bits per heavy atom. The van der Waals surface area contributed by atoms with Crippen molar-refractivity contribution in [2.24, 2.45) is 0 Å². The monoisotopic (exact) mass is 152 g/mol. The number of rotatable bonds is 3. The molecule has 0 rings (SSSR count). The van der Waals surface area contributed by atoms with Gasteiger partial charge in [-0.3, -0.25) is 4.79 Å². The van der Waals surface area contributed by atoms with E-state index >= 15 is 0 Å². The van der Waals surface area contributed by atoms with E-state index in [1.54, 1.807) is 0 Å². The number of aliphatic hydroxyl groups is 1. The third kappa shape index (κ3) is 9.47. The molecule has 46 valence electrons. The van der Waals surface area contributed by atoms with E-state index in [9.17, 15) is 4.79 Å². The van der Waals surface area contributed by atoms with Crippen LogP contribution >= 0.6 is 0 Å². The van der Waals surface area contributed by atoms with Gasteiger partial charge in [0.1, 0.15) is 0 Å². The van der Waals surface area contributed by atoms with E-state index in [1.165, 1.54) is 0 Å². The van der Waals surface area contributed by atoms with E-state index in [0.29, 0.717) is 6.42 Å². The Morgan fingerprint density at radius 2 is 2.00 bits per heavy atom. The molecular weight excluding hydrogens is 144 g/mol. The van der Waals surface area contributed by atoms with Gasteiger partial charge in [-0.15, -0.1) is 0 Å². The number of hydrogen-bond donors (Lipinski definition) is 2. The first-order valence-electron chi connectivity index (χ1n) is 2.10. The van der Waals surface area contributed by atoms with Crippen molar-refractivity contribution in [2.45, 2.75) is 12.8 Å². The normalized spacial score (nSPS) is 7.62. The van der Waals surface area contributed by atoms with Crippen molar-refractivity contribution < 1.29 is 36.7 Å². The van der Waals surface area contributed by atoms with Crippen LogP contribution in [0.1, 0.15) is 12.8 Å². The molecule has 0 aliphatic carbocycles. The van der Waals surface area contributed by atoms with Crippen LogP contribution in [0.3, 0.4) is 0 Å². The summed E-state index contributed by atoms with van der Waals surface area (Å²) < 4.78 is 0. The van der Waals surface area contributed by atoms with E-state index in [2.05, 4.69) is 0 Å². The molecule has 0 bridgehead atoms. The summed E-state index contributed by atoms with van der Waals surface area (Å²) >= 11 is 0. The van der Waals surface area contributed by atoms with Crippen molar-refractivity contribution in [1.82, 2.24) is 0 Å². The Labute approximate surface area is 62.6 Å². The standard InChI is InChI=1S/C4H8O3.Ti/c5-3-1-2-4(6)7;/h5H,1-3H2,(H,6,7);. The van der Waals surface area contributed by atoms with E-state index in [4.69, 9.17) is 10.2 Å². The minimum Gasteiger partial charge on any atom is -0.481 e. The average molecular weight is 152 g/mol. The predicted molar refractivity (Wildman–Crippen MR) is 24.0 cm³/mol. The second-order valence-electron chi connectivity index (χ2n) is 1.22. The van der Waals surface area contributed by atoms with Crippen LogP contribution in [0.5, 0.6) is 0 Å². The van der Waals surface area contributed by atoms with E-state index in [0.717, 1.165) is 0 Å². The van der Waals surface area contributed by atoms with Crippen molar-refractivity contribution in [1.29, 1.82) is 0 Å². The zero-order valence-corrected chi connectivity index (χ0v) is 5.99. The molecule has 0 radical (unpaired) electrons. The molecule has 0 heterocycles. The van der Waals surface area contributed by atoms with Crippen LogP contribution in [0.25, 0.3) is 0 Å². The van der Waals surface area contributed by atoms with E-state index in [1.807, 2.05) is 0 Å². The summed E-state index contributed by atoms with van der Waals surface area (Å²) in [5.74, 6) is -0.853. The molecule has 8 heavy (non-hydrogen) atoms. The summed E-state index contributed by atoms with van der Waals surface area (Å²) in [7, 11) is 0. The quantitative estimate of drug-likeness (QED) is 0.552. The van der Waals surface area contributed by atoms with Gasteiger partial charge in [0.2, 0.25) is 0 Å². The number of aliphatic hydroxyl groups excluding tert-OH is 1. The van der Waals surface area contributed by atoms with Gasteiger partial charge >= 0.3 is 5.97 Å². The Balaban J connectivity index is 0. The summed E-state index contributed by atoms with van der Waals surface area (Å²) in [6.45, 7) is -0.0354. The topological polar surface area (TPSA) is 57.5 Å². The molecule has 0 spiro atoms. The molecule has 4 heteroatoms. The van der Waals surface area contributed by atoms with Crippen LogP contribution in [0.2, 0.25) is 0 Å². The molecule has 2 N–H and O–H groups in total. The predicted octanol–water partition coefficient (Wildman–Crippen LogP) is -0.159. The molecule has 0 aliphatic heterocycles. The minimum absolute atomic E-state index is 0. The van der Waals surface area contributed by atoms with Gasteiger partial charge in [-0.25, -0.2) is 0 Å². The number of aliphatic carboxylic acids is 1. The van der Waals surface area contributed by atoms with Crippen LogP contribution in [0, 0.1) is 0 Å². The van der Waals surface area contributed by atoms with Crippen molar-refractivity contribution in [3.8, 4) is 0 Å². The third-order valence-corrected chi connectivity index (χ3v) is 0.549. The van der Waals surface area contributed by atoms with Gasteiger partial charge in [0.15, 0.2) is 0 Å². The number of hydrogen-bond acceptors (Lipinski definition) is 2. The van der Waals surface area contributed by atoms with Crippen molar-refractivity contribution >= 4 is 5.97 Å². The number of carboxylic acids is 1. The average Bonchev–Trinajstić information content (AvgIpc) is 1.61. The van der Waals surface area contributed by atoms with Gasteiger partial charge in [-0.1, -0.05) is 0 Å². The van der Waals surface area contributed by atoms with Crippen molar-refractivity contribution in [3.05, 3.63) is 0 Å².